The number of nitrogen functional groups attached to an aromatic ring is 1. The molecule has 2 aromatic carbocycles. The number of pyridine rings is 1. The number of nitrogens with one attached hydrogen (secondary N) is 2. The molecule has 9 heteroatoms. The van der Waals surface area contributed by atoms with E-state index in [4.69, 9.17) is 17.3 Å². The molecule has 0 aliphatic rings. The number of anilines is 2. The molecule has 3 heterocycles. The summed E-state index contributed by atoms with van der Waals surface area (Å²) in [6.45, 7) is 3.93. The van der Waals surface area contributed by atoms with Crippen LogP contribution in [0.15, 0.2) is 59.7 Å². The van der Waals surface area contributed by atoms with Gasteiger partial charge in [0.15, 0.2) is 11.5 Å². The number of hydrogen-bond donors (Lipinski definition) is 3. The van der Waals surface area contributed by atoms with E-state index < -0.39 is 0 Å². The molecule has 32 heavy (non-hydrogen) atoms. The van der Waals surface area contributed by atoms with Crippen molar-refractivity contribution >= 4 is 45.3 Å². The number of H-pyrrole nitrogens is 1. The van der Waals surface area contributed by atoms with Crippen LogP contribution in [0.3, 0.4) is 0 Å². The summed E-state index contributed by atoms with van der Waals surface area (Å²) in [4.78, 5) is 29.4. The minimum atomic E-state index is -0.320. The third kappa shape index (κ3) is 3.25. The summed E-state index contributed by atoms with van der Waals surface area (Å²) < 4.78 is 1.70. The Morgan fingerprint density at radius 2 is 1.97 bits per heavy atom. The van der Waals surface area contributed by atoms with Crippen LogP contribution in [0, 0.1) is 6.92 Å². The third-order valence-electron chi connectivity index (χ3n) is 5.47. The Hall–Kier alpha value is -3.91. The highest BCUT2D eigenvalue weighted by atomic mass is 35.5. The maximum atomic E-state index is 13.7. The predicted molar refractivity (Wildman–Crippen MR) is 127 cm³/mol. The molecule has 0 saturated heterocycles. The van der Waals surface area contributed by atoms with Crippen molar-refractivity contribution in [3.05, 3.63) is 81.5 Å². The Bertz CT molecular complexity index is 1540. The molecule has 0 fully saturated rings. The van der Waals surface area contributed by atoms with Crippen LogP contribution in [-0.4, -0.2) is 24.5 Å². The molecule has 0 unspecified atom stereocenters. The molecule has 5 rings (SSSR count). The normalized spacial score (nSPS) is 12.3. The average molecular weight is 446 g/mol. The topological polar surface area (TPSA) is 115 Å². The number of rotatable bonds is 4. The zero-order chi connectivity index (χ0) is 22.4. The molecule has 0 bridgehead atoms. The highest BCUT2D eigenvalue weighted by Gasteiger charge is 2.20. The number of aromatic amines is 1. The molecular weight excluding hydrogens is 426 g/mol. The van der Waals surface area contributed by atoms with Gasteiger partial charge in [0.2, 0.25) is 5.95 Å². The quantitative estimate of drug-likeness (QED) is 0.378. The Balaban J connectivity index is 1.74. The van der Waals surface area contributed by atoms with E-state index in [2.05, 4.69) is 25.3 Å². The number of nitrogens with zero attached hydrogens (tertiary/aromatic N) is 4. The first-order valence-corrected chi connectivity index (χ1v) is 10.4. The summed E-state index contributed by atoms with van der Waals surface area (Å²) in [5.41, 5.74) is 9.30. The Kier molecular flexibility index (Phi) is 4.79. The van der Waals surface area contributed by atoms with Gasteiger partial charge >= 0.3 is 0 Å². The van der Waals surface area contributed by atoms with Crippen LogP contribution in [-0.2, 0) is 0 Å². The maximum Gasteiger partial charge on any atom is 0.264 e. The monoisotopic (exact) mass is 445 g/mol. The molecule has 0 radical (unpaired) electrons. The Morgan fingerprint density at radius 3 is 2.78 bits per heavy atom. The highest BCUT2D eigenvalue weighted by molar-refractivity contribution is 6.35. The first-order chi connectivity index (χ1) is 15.4. The van der Waals surface area contributed by atoms with E-state index in [1.165, 1.54) is 6.33 Å². The number of fused-ring (bicyclic) bond motifs is 2. The number of hydrogen-bond acceptors (Lipinski definition) is 6. The summed E-state index contributed by atoms with van der Waals surface area (Å²) in [7, 11) is 0. The molecule has 8 nitrogen and oxygen atoms in total. The van der Waals surface area contributed by atoms with E-state index in [0.29, 0.717) is 27.4 Å². The minimum absolute atomic E-state index is 0.123. The third-order valence-corrected chi connectivity index (χ3v) is 5.79. The first kappa shape index (κ1) is 20.0. The Morgan fingerprint density at radius 1 is 1.16 bits per heavy atom. The fourth-order valence-corrected chi connectivity index (χ4v) is 4.22. The van der Waals surface area contributed by atoms with Crippen LogP contribution in [0.4, 0.5) is 11.8 Å². The van der Waals surface area contributed by atoms with Crippen molar-refractivity contribution in [2.45, 2.75) is 19.9 Å². The lowest BCUT2D eigenvalue weighted by atomic mass is 10.1. The predicted octanol–water partition coefficient (Wildman–Crippen LogP) is 4.37. The van der Waals surface area contributed by atoms with E-state index in [0.717, 1.165) is 22.3 Å². The van der Waals surface area contributed by atoms with E-state index in [9.17, 15) is 4.79 Å². The number of benzene rings is 2. The SMILES string of the molecule is Cc1ccccc1-n1c([C@H](C)Nc2nc(N)nc3[nH]cnc23)cc2cccc(Cl)c2c1=O. The summed E-state index contributed by atoms with van der Waals surface area (Å²) in [6.07, 6.45) is 1.54. The first-order valence-electron chi connectivity index (χ1n) is 10.1. The number of nitrogens with two attached hydrogens (primary N) is 1. The van der Waals surface area contributed by atoms with Crippen molar-refractivity contribution < 1.29 is 0 Å². The molecule has 160 valence electrons. The summed E-state index contributed by atoms with van der Waals surface area (Å²) in [6, 6.07) is 14.8. The largest absolute Gasteiger partial charge is 0.368 e. The molecule has 0 spiro atoms. The fraction of sp³-hybridized carbons (Fsp3) is 0.130. The zero-order valence-electron chi connectivity index (χ0n) is 17.4. The van der Waals surface area contributed by atoms with Crippen molar-refractivity contribution in [3.8, 4) is 5.69 Å². The van der Waals surface area contributed by atoms with Gasteiger partial charge in [0.25, 0.3) is 5.56 Å². The second kappa shape index (κ2) is 7.65. The summed E-state index contributed by atoms with van der Waals surface area (Å²) in [5.74, 6) is 0.606. The van der Waals surface area contributed by atoms with Crippen LogP contribution >= 0.6 is 11.6 Å². The van der Waals surface area contributed by atoms with Gasteiger partial charge in [-0.15, -0.1) is 0 Å². The summed E-state index contributed by atoms with van der Waals surface area (Å²) >= 11 is 6.42. The van der Waals surface area contributed by atoms with Gasteiger partial charge in [0.05, 0.1) is 28.5 Å². The van der Waals surface area contributed by atoms with Crippen molar-refractivity contribution in [1.82, 2.24) is 24.5 Å². The maximum absolute atomic E-state index is 13.7. The van der Waals surface area contributed by atoms with Gasteiger partial charge in [-0.25, -0.2) is 4.98 Å². The Labute approximate surface area is 188 Å². The zero-order valence-corrected chi connectivity index (χ0v) is 18.2. The van der Waals surface area contributed by atoms with Gasteiger partial charge < -0.3 is 16.0 Å². The molecule has 3 aromatic heterocycles. The summed E-state index contributed by atoms with van der Waals surface area (Å²) in [5, 5.41) is 5.03. The molecule has 0 amide bonds. The van der Waals surface area contributed by atoms with Crippen LogP contribution in [0.25, 0.3) is 27.6 Å². The van der Waals surface area contributed by atoms with Gasteiger partial charge in [-0.2, -0.15) is 9.97 Å². The lowest BCUT2D eigenvalue weighted by molar-refractivity contribution is 0.772. The van der Waals surface area contributed by atoms with E-state index in [-0.39, 0.29) is 17.5 Å². The van der Waals surface area contributed by atoms with E-state index >= 15 is 0 Å². The molecule has 0 aliphatic heterocycles. The number of aromatic nitrogens is 5. The fourth-order valence-electron chi connectivity index (χ4n) is 3.95. The van der Waals surface area contributed by atoms with Crippen molar-refractivity contribution in [3.63, 3.8) is 0 Å². The van der Waals surface area contributed by atoms with E-state index in [1.807, 2.05) is 56.3 Å². The van der Waals surface area contributed by atoms with Crippen LogP contribution in [0.1, 0.15) is 24.2 Å². The van der Waals surface area contributed by atoms with Gasteiger partial charge in [0, 0.05) is 5.69 Å². The van der Waals surface area contributed by atoms with Crippen LogP contribution < -0.4 is 16.6 Å². The number of imidazole rings is 1. The number of halogens is 1. The smallest absolute Gasteiger partial charge is 0.264 e. The van der Waals surface area contributed by atoms with Gasteiger partial charge in [-0.1, -0.05) is 41.9 Å². The second-order valence-electron chi connectivity index (χ2n) is 7.60. The van der Waals surface area contributed by atoms with Crippen molar-refractivity contribution in [2.75, 3.05) is 11.1 Å². The highest BCUT2D eigenvalue weighted by Crippen LogP contribution is 2.29. The van der Waals surface area contributed by atoms with Crippen molar-refractivity contribution in [1.29, 1.82) is 0 Å². The van der Waals surface area contributed by atoms with Crippen LogP contribution in [0.5, 0.6) is 0 Å². The molecule has 0 saturated carbocycles. The standard InChI is InChI=1S/C23H20ClN7O/c1-12-6-3-4-9-16(12)31-17(10-14-7-5-8-15(24)18(14)22(31)32)13(2)28-21-19-20(27-11-26-19)29-23(25)30-21/h3-11,13H,1-2H3,(H4,25,26,27,28,29,30)/t13-/m0/s1. The number of para-hydroxylation sites is 1. The average Bonchev–Trinajstić information content (AvgIpc) is 3.23. The van der Waals surface area contributed by atoms with Gasteiger partial charge in [0.1, 0.15) is 5.52 Å². The molecule has 5 aromatic rings. The van der Waals surface area contributed by atoms with Gasteiger partial charge in [-0.3, -0.25) is 9.36 Å². The minimum Gasteiger partial charge on any atom is -0.368 e. The van der Waals surface area contributed by atoms with E-state index in [1.54, 1.807) is 10.6 Å². The molecule has 4 N–H and O–H groups in total. The lowest BCUT2D eigenvalue weighted by Gasteiger charge is -2.22. The van der Waals surface area contributed by atoms with Crippen LogP contribution in [0.2, 0.25) is 5.02 Å². The number of aryl methyl sites for hydroxylation is 1. The van der Waals surface area contributed by atoms with Crippen molar-refractivity contribution in [2.24, 2.45) is 0 Å². The lowest BCUT2D eigenvalue weighted by Crippen LogP contribution is -2.26. The second-order valence-corrected chi connectivity index (χ2v) is 8.00. The van der Waals surface area contributed by atoms with Gasteiger partial charge in [-0.05, 0) is 43.0 Å². The molecule has 0 aliphatic carbocycles. The molecule has 1 atom stereocenters. The molecular formula is C23H20ClN7O.